The van der Waals surface area contributed by atoms with Crippen molar-refractivity contribution >= 4 is 11.6 Å². The first kappa shape index (κ1) is 11.2. The van der Waals surface area contributed by atoms with E-state index in [1.54, 1.807) is 25.1 Å². The van der Waals surface area contributed by atoms with Crippen molar-refractivity contribution in [2.24, 2.45) is 5.10 Å². The van der Waals surface area contributed by atoms with Gasteiger partial charge in [-0.15, -0.1) is 0 Å². The van der Waals surface area contributed by atoms with E-state index >= 15 is 0 Å². The Morgan fingerprint density at radius 3 is 2.71 bits per heavy atom. The van der Waals surface area contributed by atoms with Crippen molar-refractivity contribution in [3.8, 4) is 0 Å². The predicted octanol–water partition coefficient (Wildman–Crippen LogP) is 2.34. The molecule has 1 N–H and O–H groups in total. The molecule has 0 aliphatic carbocycles. The van der Waals surface area contributed by atoms with Gasteiger partial charge in [0.2, 0.25) is 0 Å². The van der Waals surface area contributed by atoms with Crippen LogP contribution < -0.4 is 5.43 Å². The zero-order valence-electron chi connectivity index (χ0n) is 9.56. The van der Waals surface area contributed by atoms with Crippen molar-refractivity contribution in [3.63, 3.8) is 0 Å². The molecule has 0 aliphatic heterocycles. The zero-order valence-corrected chi connectivity index (χ0v) is 9.56. The van der Waals surface area contributed by atoms with E-state index in [1.807, 2.05) is 13.0 Å². The van der Waals surface area contributed by atoms with Crippen LogP contribution >= 0.6 is 0 Å². The van der Waals surface area contributed by atoms with Crippen LogP contribution in [0.1, 0.15) is 29.0 Å². The topological polar surface area (TPSA) is 67.7 Å². The molecule has 88 valence electrons. The van der Waals surface area contributed by atoms with Crippen molar-refractivity contribution in [1.82, 2.24) is 5.43 Å². The van der Waals surface area contributed by atoms with Crippen molar-refractivity contribution in [2.75, 3.05) is 0 Å². The van der Waals surface area contributed by atoms with Crippen LogP contribution in [0.4, 0.5) is 0 Å². The summed E-state index contributed by atoms with van der Waals surface area (Å²) in [6.45, 7) is 3.60. The second-order valence-electron chi connectivity index (χ2n) is 3.53. The van der Waals surface area contributed by atoms with Gasteiger partial charge < -0.3 is 8.83 Å². The van der Waals surface area contributed by atoms with E-state index in [-0.39, 0.29) is 5.76 Å². The lowest BCUT2D eigenvalue weighted by molar-refractivity contribution is 0.0927. The summed E-state index contributed by atoms with van der Waals surface area (Å²) in [5.74, 6) is 1.25. The molecule has 2 heterocycles. The van der Waals surface area contributed by atoms with Gasteiger partial charge in [0.25, 0.3) is 0 Å². The van der Waals surface area contributed by atoms with Crippen molar-refractivity contribution in [1.29, 1.82) is 0 Å². The van der Waals surface area contributed by atoms with E-state index < -0.39 is 5.91 Å². The number of aryl methyl sites for hydroxylation is 1. The van der Waals surface area contributed by atoms with Gasteiger partial charge in [0.1, 0.15) is 17.2 Å². The summed E-state index contributed by atoms with van der Waals surface area (Å²) in [5, 5.41) is 3.93. The summed E-state index contributed by atoms with van der Waals surface area (Å²) in [4.78, 5) is 11.5. The smallest absolute Gasteiger partial charge is 0.307 e. The second kappa shape index (κ2) is 4.69. The van der Waals surface area contributed by atoms with E-state index in [0.717, 1.165) is 5.76 Å². The van der Waals surface area contributed by atoms with E-state index in [2.05, 4.69) is 10.5 Å². The molecule has 0 atom stereocenters. The number of furan rings is 2. The number of hydrazone groups is 1. The van der Waals surface area contributed by atoms with Gasteiger partial charge in [0.15, 0.2) is 5.76 Å². The number of hydrogen-bond donors (Lipinski definition) is 1. The lowest BCUT2D eigenvalue weighted by atomic mass is 10.3. The molecule has 0 radical (unpaired) electrons. The number of carbonyl (C=O) groups excluding carboxylic acids is 1. The third kappa shape index (κ3) is 2.63. The van der Waals surface area contributed by atoms with Gasteiger partial charge in [0.05, 0.1) is 6.26 Å². The molecule has 5 heteroatoms. The van der Waals surface area contributed by atoms with Crippen molar-refractivity contribution in [2.45, 2.75) is 13.8 Å². The molecule has 0 spiro atoms. The molecule has 0 saturated heterocycles. The molecule has 1 amide bonds. The first-order valence-electron chi connectivity index (χ1n) is 5.12. The fourth-order valence-corrected chi connectivity index (χ4v) is 1.28. The SMILES string of the molecule is CC(=NNC(=O)c1ccco1)c1ccc(C)o1. The highest BCUT2D eigenvalue weighted by Gasteiger charge is 2.08. The number of rotatable bonds is 3. The third-order valence-corrected chi connectivity index (χ3v) is 2.17. The highest BCUT2D eigenvalue weighted by molar-refractivity contribution is 5.98. The lowest BCUT2D eigenvalue weighted by Crippen LogP contribution is -2.18. The van der Waals surface area contributed by atoms with Gasteiger partial charge in [-0.3, -0.25) is 4.79 Å². The first-order valence-corrected chi connectivity index (χ1v) is 5.12. The van der Waals surface area contributed by atoms with Crippen LogP contribution in [-0.4, -0.2) is 11.6 Å². The van der Waals surface area contributed by atoms with Crippen LogP contribution in [0, 0.1) is 6.92 Å². The number of nitrogens with one attached hydrogen (secondary N) is 1. The summed E-state index contributed by atoms with van der Waals surface area (Å²) >= 11 is 0. The van der Waals surface area contributed by atoms with Gasteiger partial charge in [-0.2, -0.15) is 5.10 Å². The molecule has 0 aliphatic rings. The average Bonchev–Trinajstić information content (AvgIpc) is 2.95. The molecular formula is C12H12N2O3. The molecule has 0 unspecified atom stereocenters. The maximum atomic E-state index is 11.5. The Morgan fingerprint density at radius 1 is 1.29 bits per heavy atom. The zero-order chi connectivity index (χ0) is 12.3. The molecule has 0 fully saturated rings. The monoisotopic (exact) mass is 232 g/mol. The van der Waals surface area contributed by atoms with Crippen LogP contribution in [0.5, 0.6) is 0 Å². The first-order chi connectivity index (χ1) is 8.16. The number of amides is 1. The second-order valence-corrected chi connectivity index (χ2v) is 3.53. The summed E-state index contributed by atoms with van der Waals surface area (Å²) in [7, 11) is 0. The molecule has 0 saturated carbocycles. The Hall–Kier alpha value is -2.30. The molecule has 0 aromatic carbocycles. The van der Waals surface area contributed by atoms with Crippen LogP contribution in [0.15, 0.2) is 44.5 Å². The largest absolute Gasteiger partial charge is 0.460 e. The fraction of sp³-hybridized carbons (Fsp3) is 0.167. The Balaban J connectivity index is 2.04. The number of nitrogens with zero attached hydrogens (tertiary/aromatic N) is 1. The Labute approximate surface area is 98.1 Å². The third-order valence-electron chi connectivity index (χ3n) is 2.17. The summed E-state index contributed by atoms with van der Waals surface area (Å²) < 4.78 is 10.3. The quantitative estimate of drug-likeness (QED) is 0.652. The van der Waals surface area contributed by atoms with Crippen LogP contribution in [0.25, 0.3) is 0 Å². The molecule has 5 nitrogen and oxygen atoms in total. The van der Waals surface area contributed by atoms with Crippen molar-refractivity contribution in [3.05, 3.63) is 47.8 Å². The Morgan fingerprint density at radius 2 is 2.12 bits per heavy atom. The summed E-state index contributed by atoms with van der Waals surface area (Å²) in [6.07, 6.45) is 1.43. The Bertz CT molecular complexity index is 538. The minimum absolute atomic E-state index is 0.220. The highest BCUT2D eigenvalue weighted by Crippen LogP contribution is 2.07. The molecule has 2 rings (SSSR count). The molecule has 2 aromatic rings. The molecular weight excluding hydrogens is 220 g/mol. The number of hydrogen-bond acceptors (Lipinski definition) is 4. The van der Waals surface area contributed by atoms with E-state index in [1.165, 1.54) is 6.26 Å². The maximum absolute atomic E-state index is 11.5. The van der Waals surface area contributed by atoms with Crippen LogP contribution in [0.3, 0.4) is 0 Å². The van der Waals surface area contributed by atoms with Gasteiger partial charge in [-0.05, 0) is 38.1 Å². The fourth-order valence-electron chi connectivity index (χ4n) is 1.28. The summed E-state index contributed by atoms with van der Waals surface area (Å²) in [6, 6.07) is 6.84. The normalized spacial score (nSPS) is 11.5. The highest BCUT2D eigenvalue weighted by atomic mass is 16.3. The van der Waals surface area contributed by atoms with E-state index in [9.17, 15) is 4.79 Å². The van der Waals surface area contributed by atoms with Crippen LogP contribution in [0.2, 0.25) is 0 Å². The van der Waals surface area contributed by atoms with Crippen molar-refractivity contribution < 1.29 is 13.6 Å². The van der Waals surface area contributed by atoms with Gasteiger partial charge in [-0.25, -0.2) is 5.43 Å². The molecule has 0 bridgehead atoms. The Kier molecular flexibility index (Phi) is 3.09. The van der Waals surface area contributed by atoms with Gasteiger partial charge >= 0.3 is 5.91 Å². The van der Waals surface area contributed by atoms with E-state index in [4.69, 9.17) is 8.83 Å². The van der Waals surface area contributed by atoms with Crippen LogP contribution in [-0.2, 0) is 0 Å². The standard InChI is InChI=1S/C12H12N2O3/c1-8-5-6-10(17-8)9(2)13-14-12(15)11-4-3-7-16-11/h3-7H,1-2H3,(H,14,15). The minimum atomic E-state index is -0.391. The van der Waals surface area contributed by atoms with E-state index in [0.29, 0.717) is 11.5 Å². The minimum Gasteiger partial charge on any atom is -0.460 e. The lowest BCUT2D eigenvalue weighted by Gasteiger charge is -1.98. The maximum Gasteiger partial charge on any atom is 0.307 e. The predicted molar refractivity (Wildman–Crippen MR) is 61.8 cm³/mol. The average molecular weight is 232 g/mol. The van der Waals surface area contributed by atoms with Gasteiger partial charge in [0, 0.05) is 0 Å². The number of carbonyl (C=O) groups is 1. The van der Waals surface area contributed by atoms with Gasteiger partial charge in [-0.1, -0.05) is 0 Å². The summed E-state index contributed by atoms with van der Waals surface area (Å²) in [5.41, 5.74) is 2.98. The molecule has 17 heavy (non-hydrogen) atoms. The molecule has 2 aromatic heterocycles.